The maximum absolute atomic E-state index is 13.1. The monoisotopic (exact) mass is 437 g/mol. The second-order valence-corrected chi connectivity index (χ2v) is 8.19. The van der Waals surface area contributed by atoms with Gasteiger partial charge in [0, 0.05) is 17.8 Å². The second-order valence-electron chi connectivity index (χ2n) is 8.19. The quantitative estimate of drug-likeness (QED) is 0.567. The van der Waals surface area contributed by atoms with E-state index in [9.17, 15) is 19.8 Å². The minimum absolute atomic E-state index is 0.0507. The van der Waals surface area contributed by atoms with E-state index >= 15 is 0 Å². The molecule has 8 nitrogen and oxygen atoms in total. The molecule has 2 aliphatic rings. The number of nitrogens with two attached hydrogens (primary N) is 1. The molecule has 0 radical (unpaired) electrons. The van der Waals surface area contributed by atoms with E-state index in [2.05, 4.69) is 5.32 Å². The Bertz CT molecular complexity index is 1080. The van der Waals surface area contributed by atoms with Crippen LogP contribution in [0.15, 0.2) is 48.0 Å². The molecule has 2 aromatic carbocycles. The summed E-state index contributed by atoms with van der Waals surface area (Å²) in [7, 11) is 0. The van der Waals surface area contributed by atoms with Crippen LogP contribution in [0.25, 0.3) is 5.70 Å². The Hall–Kier alpha value is -3.68. The van der Waals surface area contributed by atoms with Gasteiger partial charge in [0.25, 0.3) is 5.91 Å². The van der Waals surface area contributed by atoms with Crippen molar-refractivity contribution >= 4 is 23.3 Å². The summed E-state index contributed by atoms with van der Waals surface area (Å²) in [4.78, 5) is 26.6. The van der Waals surface area contributed by atoms with Crippen LogP contribution in [0.1, 0.15) is 42.1 Å². The molecule has 8 heteroatoms. The number of carbonyl (C=O) groups is 2. The Balaban J connectivity index is 1.57. The fourth-order valence-electron chi connectivity index (χ4n) is 4.46. The van der Waals surface area contributed by atoms with E-state index in [1.165, 1.54) is 12.1 Å². The Kier molecular flexibility index (Phi) is 5.94. The van der Waals surface area contributed by atoms with Gasteiger partial charge in [-0.05, 0) is 56.5 Å². The van der Waals surface area contributed by atoms with Gasteiger partial charge in [0.1, 0.15) is 18.1 Å². The molecule has 0 aliphatic carbocycles. The van der Waals surface area contributed by atoms with Crippen molar-refractivity contribution in [2.24, 2.45) is 5.73 Å². The number of nitrogens with one attached hydrogen (secondary N) is 1. The van der Waals surface area contributed by atoms with Gasteiger partial charge in [-0.25, -0.2) is 4.79 Å². The molecule has 0 spiro atoms. The molecule has 168 valence electrons. The van der Waals surface area contributed by atoms with Gasteiger partial charge < -0.3 is 30.9 Å². The molecule has 2 heterocycles. The standard InChI is InChI=1S/C24H27N3O5/c1-14-20(24(30)31)22(25)21-18(26-14)9-5-10-19(21)32-13-16-7-2-3-11-27(16)23(29)15-6-4-8-17(28)12-15/h4-6,8-10,12,14,16,26,28H,2-3,7,11,13,25H2,1H3,(H,30,31). The predicted molar refractivity (Wildman–Crippen MR) is 121 cm³/mol. The molecular formula is C24H27N3O5. The van der Waals surface area contributed by atoms with Crippen molar-refractivity contribution in [1.82, 2.24) is 4.90 Å². The van der Waals surface area contributed by atoms with Crippen LogP contribution in [0, 0.1) is 0 Å². The highest BCUT2D eigenvalue weighted by molar-refractivity contribution is 6.02. The average molecular weight is 437 g/mol. The van der Waals surface area contributed by atoms with Crippen LogP contribution in [-0.4, -0.2) is 52.2 Å². The SMILES string of the molecule is CC1Nc2cccc(OCC3CCCCN3C(=O)c3cccc(O)c3)c2C(N)=C1C(=O)O. The third-order valence-electron chi connectivity index (χ3n) is 6.03. The van der Waals surface area contributed by atoms with Gasteiger partial charge in [-0.3, -0.25) is 4.79 Å². The molecule has 2 atom stereocenters. The topological polar surface area (TPSA) is 125 Å². The van der Waals surface area contributed by atoms with Gasteiger partial charge in [0.15, 0.2) is 0 Å². The van der Waals surface area contributed by atoms with E-state index in [0.717, 1.165) is 19.3 Å². The fraction of sp³-hybridized carbons (Fsp3) is 0.333. The largest absolute Gasteiger partial charge is 0.508 e. The second kappa shape index (κ2) is 8.82. The summed E-state index contributed by atoms with van der Waals surface area (Å²) in [5, 5.41) is 22.5. The van der Waals surface area contributed by atoms with Crippen molar-refractivity contribution in [2.75, 3.05) is 18.5 Å². The first-order chi connectivity index (χ1) is 15.4. The lowest BCUT2D eigenvalue weighted by Gasteiger charge is -2.36. The zero-order valence-corrected chi connectivity index (χ0v) is 17.9. The fourth-order valence-corrected chi connectivity index (χ4v) is 4.46. The molecule has 2 aliphatic heterocycles. The van der Waals surface area contributed by atoms with E-state index in [-0.39, 0.29) is 35.6 Å². The van der Waals surface area contributed by atoms with Crippen molar-refractivity contribution in [1.29, 1.82) is 0 Å². The zero-order valence-electron chi connectivity index (χ0n) is 17.9. The highest BCUT2D eigenvalue weighted by Gasteiger charge is 2.31. The van der Waals surface area contributed by atoms with E-state index in [1.807, 2.05) is 12.1 Å². The summed E-state index contributed by atoms with van der Waals surface area (Å²) in [6.07, 6.45) is 2.68. The number of carboxylic acid groups (broad SMARTS) is 1. The highest BCUT2D eigenvalue weighted by atomic mass is 16.5. The molecule has 5 N–H and O–H groups in total. The number of piperidine rings is 1. The number of rotatable bonds is 5. The summed E-state index contributed by atoms with van der Waals surface area (Å²) in [6, 6.07) is 11.2. The number of nitrogens with zero attached hydrogens (tertiary/aromatic N) is 1. The molecule has 4 rings (SSSR count). The number of phenols is 1. The van der Waals surface area contributed by atoms with E-state index < -0.39 is 12.0 Å². The number of amides is 1. The van der Waals surface area contributed by atoms with E-state index in [1.54, 1.807) is 30.0 Å². The van der Waals surface area contributed by atoms with E-state index in [0.29, 0.717) is 29.1 Å². The minimum Gasteiger partial charge on any atom is -0.508 e. The molecular weight excluding hydrogens is 410 g/mol. The third kappa shape index (κ3) is 4.08. The Morgan fingerprint density at radius 2 is 2.00 bits per heavy atom. The van der Waals surface area contributed by atoms with Crippen LogP contribution in [0.3, 0.4) is 0 Å². The lowest BCUT2D eigenvalue weighted by molar-refractivity contribution is -0.132. The molecule has 2 aromatic rings. The summed E-state index contributed by atoms with van der Waals surface area (Å²) in [6.45, 7) is 2.62. The van der Waals surface area contributed by atoms with Crippen LogP contribution in [0.5, 0.6) is 11.5 Å². The van der Waals surface area contributed by atoms with E-state index in [4.69, 9.17) is 10.5 Å². The van der Waals surface area contributed by atoms with Crippen molar-refractivity contribution < 1.29 is 24.5 Å². The lowest BCUT2D eigenvalue weighted by Crippen LogP contribution is -2.46. The lowest BCUT2D eigenvalue weighted by atomic mass is 9.94. The van der Waals surface area contributed by atoms with Crippen LogP contribution in [-0.2, 0) is 4.79 Å². The van der Waals surface area contributed by atoms with Crippen molar-refractivity contribution in [2.45, 2.75) is 38.3 Å². The number of hydrogen-bond donors (Lipinski definition) is 4. The summed E-state index contributed by atoms with van der Waals surface area (Å²) in [5.74, 6) is -0.686. The van der Waals surface area contributed by atoms with Gasteiger partial charge in [0.05, 0.1) is 28.9 Å². The molecule has 0 aromatic heterocycles. The van der Waals surface area contributed by atoms with Gasteiger partial charge in [-0.15, -0.1) is 0 Å². The van der Waals surface area contributed by atoms with Gasteiger partial charge in [-0.1, -0.05) is 12.1 Å². The van der Waals surface area contributed by atoms with Gasteiger partial charge in [0.2, 0.25) is 0 Å². The van der Waals surface area contributed by atoms with Crippen LogP contribution < -0.4 is 15.8 Å². The van der Waals surface area contributed by atoms with Crippen molar-refractivity contribution in [3.63, 3.8) is 0 Å². The summed E-state index contributed by atoms with van der Waals surface area (Å²) >= 11 is 0. The molecule has 0 bridgehead atoms. The number of aliphatic carboxylic acids is 1. The van der Waals surface area contributed by atoms with Crippen LogP contribution >= 0.6 is 0 Å². The normalized spacial score (nSPS) is 20.3. The molecule has 32 heavy (non-hydrogen) atoms. The number of carbonyl (C=O) groups excluding carboxylic acids is 1. The Morgan fingerprint density at radius 3 is 2.75 bits per heavy atom. The maximum Gasteiger partial charge on any atom is 0.335 e. The maximum atomic E-state index is 13.1. The number of likely N-dealkylation sites (tertiary alicyclic amines) is 1. The number of phenolic OH excluding ortho intramolecular Hbond substituents is 1. The number of carboxylic acids is 1. The predicted octanol–water partition coefficient (Wildman–Crippen LogP) is 3.03. The summed E-state index contributed by atoms with van der Waals surface area (Å²) in [5.41, 5.74) is 8.22. The Morgan fingerprint density at radius 1 is 1.22 bits per heavy atom. The minimum atomic E-state index is -1.07. The first kappa shape index (κ1) is 21.5. The molecule has 1 amide bonds. The van der Waals surface area contributed by atoms with Crippen LogP contribution in [0.4, 0.5) is 5.69 Å². The number of anilines is 1. The third-order valence-corrected chi connectivity index (χ3v) is 6.03. The summed E-state index contributed by atoms with van der Waals surface area (Å²) < 4.78 is 6.13. The first-order valence-corrected chi connectivity index (χ1v) is 10.7. The number of ether oxygens (including phenoxy) is 1. The number of aromatic hydroxyl groups is 1. The van der Waals surface area contributed by atoms with Crippen molar-refractivity contribution in [3.05, 3.63) is 59.2 Å². The average Bonchev–Trinajstić information content (AvgIpc) is 2.77. The number of fused-ring (bicyclic) bond motifs is 1. The molecule has 1 fully saturated rings. The molecule has 1 saturated heterocycles. The zero-order chi connectivity index (χ0) is 22.8. The van der Waals surface area contributed by atoms with Gasteiger partial charge in [-0.2, -0.15) is 0 Å². The smallest absolute Gasteiger partial charge is 0.335 e. The van der Waals surface area contributed by atoms with Crippen molar-refractivity contribution in [3.8, 4) is 11.5 Å². The Labute approximate surface area is 186 Å². The number of benzene rings is 2. The molecule has 0 saturated carbocycles. The molecule has 2 unspecified atom stereocenters. The van der Waals surface area contributed by atoms with Gasteiger partial charge >= 0.3 is 5.97 Å². The first-order valence-electron chi connectivity index (χ1n) is 10.7. The highest BCUT2D eigenvalue weighted by Crippen LogP contribution is 2.38. The van der Waals surface area contributed by atoms with Crippen LogP contribution in [0.2, 0.25) is 0 Å². The number of hydrogen-bond acceptors (Lipinski definition) is 6.